The lowest BCUT2D eigenvalue weighted by Crippen LogP contribution is -2.34. The second-order valence-electron chi connectivity index (χ2n) is 6.61. The van der Waals surface area contributed by atoms with Gasteiger partial charge in [-0.15, -0.1) is 0 Å². The molecule has 4 rings (SSSR count). The maximum Gasteiger partial charge on any atom is 0.328 e. The number of methoxy groups -OCH3 is 1. The summed E-state index contributed by atoms with van der Waals surface area (Å²) >= 11 is 6.13. The molecule has 138 valence electrons. The van der Waals surface area contributed by atoms with Crippen LogP contribution < -0.4 is 10.2 Å². The van der Waals surface area contributed by atoms with Crippen molar-refractivity contribution in [2.24, 2.45) is 0 Å². The van der Waals surface area contributed by atoms with Gasteiger partial charge in [-0.1, -0.05) is 35.9 Å². The van der Waals surface area contributed by atoms with Crippen LogP contribution in [0.25, 0.3) is 5.57 Å². The molecule has 2 aliphatic heterocycles. The monoisotopic (exact) mass is 382 g/mol. The van der Waals surface area contributed by atoms with Gasteiger partial charge >= 0.3 is 5.97 Å². The summed E-state index contributed by atoms with van der Waals surface area (Å²) in [4.78, 5) is 27.1. The summed E-state index contributed by atoms with van der Waals surface area (Å²) in [6, 6.07) is 14.6. The fourth-order valence-electron chi connectivity index (χ4n) is 3.75. The third kappa shape index (κ3) is 3.19. The van der Waals surface area contributed by atoms with Gasteiger partial charge in [-0.25, -0.2) is 4.79 Å². The van der Waals surface area contributed by atoms with Gasteiger partial charge in [0.15, 0.2) is 0 Å². The molecule has 1 amide bonds. The lowest BCUT2D eigenvalue weighted by atomic mass is 9.88. The SMILES string of the molecule is COC(=O)C1C/C(=C2/CCN(c3ccccc3)C2=O)c2ccc(Cl)cc2N1. The molecule has 0 saturated carbocycles. The third-order valence-electron chi connectivity index (χ3n) is 5.05. The second kappa shape index (κ2) is 7.08. The van der Waals surface area contributed by atoms with E-state index in [0.29, 0.717) is 24.4 Å². The standard InChI is InChI=1S/C21H19ClN2O3/c1-27-21(26)19-12-17(15-8-7-13(22)11-18(15)23-19)16-9-10-24(20(16)25)14-5-3-2-4-6-14/h2-8,11,19,23H,9-10,12H2,1H3/b17-16+. The molecule has 1 fully saturated rings. The van der Waals surface area contributed by atoms with E-state index in [0.717, 1.165) is 28.1 Å². The first-order chi connectivity index (χ1) is 13.1. The average molecular weight is 383 g/mol. The normalized spacial score (nSPS) is 21.6. The average Bonchev–Trinajstić information content (AvgIpc) is 3.08. The quantitative estimate of drug-likeness (QED) is 0.632. The molecule has 6 heteroatoms. The van der Waals surface area contributed by atoms with Gasteiger partial charge in [0.25, 0.3) is 5.91 Å². The Labute approximate surface area is 162 Å². The largest absolute Gasteiger partial charge is 0.467 e. The van der Waals surface area contributed by atoms with E-state index in [1.54, 1.807) is 17.0 Å². The predicted octanol–water partition coefficient (Wildman–Crippen LogP) is 3.89. The molecule has 27 heavy (non-hydrogen) atoms. The summed E-state index contributed by atoms with van der Waals surface area (Å²) in [6.45, 7) is 0.626. The van der Waals surface area contributed by atoms with Crippen LogP contribution in [-0.2, 0) is 14.3 Å². The number of nitrogens with zero attached hydrogens (tertiary/aromatic N) is 1. The van der Waals surface area contributed by atoms with Gasteiger partial charge in [-0.3, -0.25) is 4.79 Å². The molecule has 2 aromatic carbocycles. The van der Waals surface area contributed by atoms with Crippen molar-refractivity contribution in [3.8, 4) is 0 Å². The van der Waals surface area contributed by atoms with E-state index in [9.17, 15) is 9.59 Å². The topological polar surface area (TPSA) is 58.6 Å². The number of carbonyl (C=O) groups excluding carboxylic acids is 2. The highest BCUT2D eigenvalue weighted by Crippen LogP contribution is 2.40. The minimum absolute atomic E-state index is 0.0115. The van der Waals surface area contributed by atoms with E-state index in [-0.39, 0.29) is 11.9 Å². The molecule has 0 radical (unpaired) electrons. The Bertz CT molecular complexity index is 940. The van der Waals surface area contributed by atoms with Gasteiger partial charge < -0.3 is 15.0 Å². The molecule has 0 aromatic heterocycles. The van der Waals surface area contributed by atoms with Crippen LogP contribution in [0.5, 0.6) is 0 Å². The van der Waals surface area contributed by atoms with E-state index in [1.807, 2.05) is 36.4 Å². The molecular formula is C21H19ClN2O3. The molecule has 2 heterocycles. The van der Waals surface area contributed by atoms with Crippen molar-refractivity contribution < 1.29 is 14.3 Å². The van der Waals surface area contributed by atoms with Crippen molar-refractivity contribution in [1.82, 2.24) is 0 Å². The number of carbonyl (C=O) groups is 2. The highest BCUT2D eigenvalue weighted by molar-refractivity contribution is 6.31. The van der Waals surface area contributed by atoms with Gasteiger partial charge in [0.05, 0.1) is 7.11 Å². The minimum Gasteiger partial charge on any atom is -0.467 e. The number of nitrogens with one attached hydrogen (secondary N) is 1. The molecule has 1 saturated heterocycles. The first kappa shape index (κ1) is 17.6. The van der Waals surface area contributed by atoms with Crippen molar-refractivity contribution in [2.75, 3.05) is 23.9 Å². The van der Waals surface area contributed by atoms with Crippen molar-refractivity contribution in [2.45, 2.75) is 18.9 Å². The van der Waals surface area contributed by atoms with Crippen molar-refractivity contribution in [1.29, 1.82) is 0 Å². The summed E-state index contributed by atoms with van der Waals surface area (Å²) < 4.78 is 4.91. The van der Waals surface area contributed by atoms with Gasteiger partial charge in [-0.2, -0.15) is 0 Å². The number of benzene rings is 2. The minimum atomic E-state index is -0.540. The van der Waals surface area contributed by atoms with Crippen molar-refractivity contribution in [3.05, 3.63) is 64.7 Å². The Balaban J connectivity index is 1.77. The Kier molecular flexibility index (Phi) is 4.62. The van der Waals surface area contributed by atoms with E-state index >= 15 is 0 Å². The number of amides is 1. The zero-order valence-corrected chi connectivity index (χ0v) is 15.6. The second-order valence-corrected chi connectivity index (χ2v) is 7.05. The van der Waals surface area contributed by atoms with E-state index in [2.05, 4.69) is 5.32 Å². The summed E-state index contributed by atoms with van der Waals surface area (Å²) in [5.41, 5.74) is 4.18. The first-order valence-electron chi connectivity index (χ1n) is 8.81. The number of halogens is 1. The van der Waals surface area contributed by atoms with Crippen LogP contribution in [0.4, 0.5) is 11.4 Å². The van der Waals surface area contributed by atoms with Crippen LogP contribution in [0, 0.1) is 0 Å². The van der Waals surface area contributed by atoms with E-state index in [4.69, 9.17) is 16.3 Å². The predicted molar refractivity (Wildman–Crippen MR) is 106 cm³/mol. The van der Waals surface area contributed by atoms with Crippen LogP contribution in [0.2, 0.25) is 5.02 Å². The van der Waals surface area contributed by atoms with Gasteiger partial charge in [0.1, 0.15) is 6.04 Å². The number of para-hydroxylation sites is 1. The van der Waals surface area contributed by atoms with Crippen LogP contribution in [0.15, 0.2) is 54.1 Å². The molecule has 0 bridgehead atoms. The molecule has 0 spiro atoms. The number of hydrogen-bond donors (Lipinski definition) is 1. The summed E-state index contributed by atoms with van der Waals surface area (Å²) in [5, 5.41) is 3.75. The third-order valence-corrected chi connectivity index (χ3v) is 5.29. The number of rotatable bonds is 2. The van der Waals surface area contributed by atoms with Gasteiger partial charge in [-0.05, 0) is 36.3 Å². The molecule has 2 aliphatic rings. The highest BCUT2D eigenvalue weighted by atomic mass is 35.5. The van der Waals surface area contributed by atoms with Crippen molar-refractivity contribution >= 4 is 40.4 Å². The summed E-state index contributed by atoms with van der Waals surface area (Å²) in [6.07, 6.45) is 1.05. The summed E-state index contributed by atoms with van der Waals surface area (Å²) in [7, 11) is 1.36. The maximum atomic E-state index is 13.1. The number of anilines is 2. The lowest BCUT2D eigenvalue weighted by molar-refractivity contribution is -0.141. The van der Waals surface area contributed by atoms with Crippen LogP contribution >= 0.6 is 11.6 Å². The molecular weight excluding hydrogens is 364 g/mol. The maximum absolute atomic E-state index is 13.1. The zero-order valence-electron chi connectivity index (χ0n) is 14.9. The van der Waals surface area contributed by atoms with Gasteiger partial charge in [0, 0.05) is 40.5 Å². The highest BCUT2D eigenvalue weighted by Gasteiger charge is 2.35. The first-order valence-corrected chi connectivity index (χ1v) is 9.19. The van der Waals surface area contributed by atoms with E-state index in [1.165, 1.54) is 7.11 Å². The Morgan fingerprint density at radius 3 is 2.70 bits per heavy atom. The zero-order chi connectivity index (χ0) is 19.0. The van der Waals surface area contributed by atoms with Crippen LogP contribution in [-0.4, -0.2) is 31.6 Å². The molecule has 1 atom stereocenters. The Morgan fingerprint density at radius 2 is 1.96 bits per heavy atom. The lowest BCUT2D eigenvalue weighted by Gasteiger charge is -2.28. The van der Waals surface area contributed by atoms with E-state index < -0.39 is 6.04 Å². The molecule has 0 aliphatic carbocycles. The number of ether oxygens (including phenoxy) is 1. The fourth-order valence-corrected chi connectivity index (χ4v) is 3.92. The molecule has 2 aromatic rings. The number of hydrogen-bond acceptors (Lipinski definition) is 4. The van der Waals surface area contributed by atoms with Crippen LogP contribution in [0.1, 0.15) is 18.4 Å². The Morgan fingerprint density at radius 1 is 1.19 bits per heavy atom. The van der Waals surface area contributed by atoms with Crippen molar-refractivity contribution in [3.63, 3.8) is 0 Å². The molecule has 1 unspecified atom stereocenters. The van der Waals surface area contributed by atoms with Gasteiger partial charge in [0.2, 0.25) is 0 Å². The smallest absolute Gasteiger partial charge is 0.328 e. The Hall–Kier alpha value is -2.79. The molecule has 5 nitrogen and oxygen atoms in total. The fraction of sp³-hybridized carbons (Fsp3) is 0.238. The van der Waals surface area contributed by atoms with Crippen LogP contribution in [0.3, 0.4) is 0 Å². The number of fused-ring (bicyclic) bond motifs is 1. The molecule has 1 N–H and O–H groups in total. The number of esters is 1. The summed E-state index contributed by atoms with van der Waals surface area (Å²) in [5.74, 6) is -0.369.